The molecule has 0 bridgehead atoms. The summed E-state index contributed by atoms with van der Waals surface area (Å²) in [4.78, 5) is 24.8. The number of nitrogens with zero attached hydrogens (tertiary/aromatic N) is 4. The summed E-state index contributed by atoms with van der Waals surface area (Å²) in [5, 5.41) is 0.630. The van der Waals surface area contributed by atoms with Crippen LogP contribution in [-0.4, -0.2) is 40.9 Å². The lowest BCUT2D eigenvalue weighted by molar-refractivity contribution is 0.0739. The Labute approximate surface area is 147 Å². The van der Waals surface area contributed by atoms with E-state index in [4.69, 9.17) is 11.6 Å². The third-order valence-electron chi connectivity index (χ3n) is 4.58. The second kappa shape index (κ2) is 7.18. The largest absolute Gasteiger partial charge is 0.370 e. The molecule has 1 atom stereocenters. The van der Waals surface area contributed by atoms with Crippen LogP contribution in [0.5, 0.6) is 0 Å². The first-order valence-electron chi connectivity index (χ1n) is 8.15. The fourth-order valence-electron chi connectivity index (χ4n) is 2.98. The van der Waals surface area contributed by atoms with Crippen LogP contribution in [0, 0.1) is 0 Å². The highest BCUT2D eigenvalue weighted by Crippen LogP contribution is 2.30. The fourth-order valence-corrected chi connectivity index (χ4v) is 3.28. The quantitative estimate of drug-likeness (QED) is 0.850. The molecule has 1 fully saturated rings. The molecule has 24 heavy (non-hydrogen) atoms. The third kappa shape index (κ3) is 3.36. The number of carbonyl (C=O) groups is 1. The van der Waals surface area contributed by atoms with Gasteiger partial charge in [-0.2, -0.15) is 0 Å². The molecule has 1 aliphatic heterocycles. The third-order valence-corrected chi connectivity index (χ3v) is 4.88. The zero-order valence-corrected chi connectivity index (χ0v) is 14.7. The van der Waals surface area contributed by atoms with Gasteiger partial charge in [-0.25, -0.2) is 9.97 Å². The van der Waals surface area contributed by atoms with Crippen LogP contribution in [0.15, 0.2) is 36.8 Å². The van der Waals surface area contributed by atoms with Gasteiger partial charge in [0.1, 0.15) is 6.33 Å². The van der Waals surface area contributed by atoms with E-state index < -0.39 is 0 Å². The molecule has 2 aromatic rings. The van der Waals surface area contributed by atoms with E-state index in [0.717, 1.165) is 24.5 Å². The minimum absolute atomic E-state index is 0.0732. The molecule has 1 saturated heterocycles. The topological polar surface area (TPSA) is 49.3 Å². The molecule has 1 aliphatic rings. The van der Waals surface area contributed by atoms with Gasteiger partial charge >= 0.3 is 0 Å². The molecule has 2 heterocycles. The van der Waals surface area contributed by atoms with Crippen molar-refractivity contribution in [2.45, 2.75) is 25.8 Å². The number of amides is 1. The smallest absolute Gasteiger partial charge is 0.254 e. The Kier molecular flexibility index (Phi) is 5.00. The maximum atomic E-state index is 12.8. The number of halogens is 1. The van der Waals surface area contributed by atoms with Crippen molar-refractivity contribution < 1.29 is 4.79 Å². The van der Waals surface area contributed by atoms with Crippen molar-refractivity contribution in [1.82, 2.24) is 14.9 Å². The number of rotatable bonds is 4. The highest BCUT2D eigenvalue weighted by Gasteiger charge is 2.22. The molecular weight excluding hydrogens is 324 g/mol. The van der Waals surface area contributed by atoms with Crippen LogP contribution in [-0.2, 0) is 0 Å². The molecule has 1 aromatic heterocycles. The second-order valence-corrected chi connectivity index (χ2v) is 6.49. The second-order valence-electron chi connectivity index (χ2n) is 6.09. The van der Waals surface area contributed by atoms with Gasteiger partial charge in [0, 0.05) is 31.9 Å². The average Bonchev–Trinajstić information content (AvgIpc) is 3.14. The maximum Gasteiger partial charge on any atom is 0.254 e. The van der Waals surface area contributed by atoms with Crippen LogP contribution in [0.1, 0.15) is 41.9 Å². The lowest BCUT2D eigenvalue weighted by atomic mass is 10.1. The van der Waals surface area contributed by atoms with Gasteiger partial charge in [-0.1, -0.05) is 11.6 Å². The Morgan fingerprint density at radius 2 is 2.04 bits per heavy atom. The molecule has 1 aromatic carbocycles. The van der Waals surface area contributed by atoms with Gasteiger partial charge in [-0.15, -0.1) is 0 Å². The van der Waals surface area contributed by atoms with E-state index in [-0.39, 0.29) is 11.9 Å². The first kappa shape index (κ1) is 16.7. The summed E-state index contributed by atoms with van der Waals surface area (Å²) < 4.78 is 0. The lowest BCUT2D eigenvalue weighted by Crippen LogP contribution is -2.30. The summed E-state index contributed by atoms with van der Waals surface area (Å²) in [6, 6.07) is 7.24. The Morgan fingerprint density at radius 3 is 2.67 bits per heavy atom. The average molecular weight is 345 g/mol. The number of hydrogen-bond donors (Lipinski definition) is 0. The molecule has 0 spiro atoms. The zero-order chi connectivity index (χ0) is 17.1. The predicted molar refractivity (Wildman–Crippen MR) is 95.4 cm³/mol. The molecule has 5 nitrogen and oxygen atoms in total. The normalized spacial score (nSPS) is 15.4. The summed E-state index contributed by atoms with van der Waals surface area (Å²) in [5.74, 6) is -0.0732. The van der Waals surface area contributed by atoms with Crippen LogP contribution < -0.4 is 4.90 Å². The number of carbonyl (C=O) groups excluding carboxylic acids is 1. The molecule has 1 unspecified atom stereocenters. The lowest BCUT2D eigenvalue weighted by Gasteiger charge is -2.25. The van der Waals surface area contributed by atoms with Gasteiger partial charge in [-0.3, -0.25) is 4.79 Å². The standard InChI is InChI=1S/C18H21ClN4O/c1-13(16-7-8-20-12-21-16)22(2)18(24)14-5-6-17(15(19)11-14)23-9-3-4-10-23/h5-8,11-13H,3-4,9-10H2,1-2H3. The number of benzene rings is 1. The molecule has 3 rings (SSSR count). The van der Waals surface area contributed by atoms with E-state index in [2.05, 4.69) is 14.9 Å². The van der Waals surface area contributed by atoms with E-state index >= 15 is 0 Å². The van der Waals surface area contributed by atoms with Crippen molar-refractivity contribution in [3.63, 3.8) is 0 Å². The highest BCUT2D eigenvalue weighted by atomic mass is 35.5. The molecule has 1 amide bonds. The molecule has 0 aliphatic carbocycles. The molecular formula is C18H21ClN4O. The first-order valence-corrected chi connectivity index (χ1v) is 8.53. The van der Waals surface area contributed by atoms with Crippen molar-refractivity contribution in [3.8, 4) is 0 Å². The Morgan fingerprint density at radius 1 is 1.29 bits per heavy atom. The Hall–Kier alpha value is -2.14. The van der Waals surface area contributed by atoms with Crippen molar-refractivity contribution in [1.29, 1.82) is 0 Å². The van der Waals surface area contributed by atoms with Gasteiger partial charge < -0.3 is 9.80 Å². The molecule has 0 radical (unpaired) electrons. The summed E-state index contributed by atoms with van der Waals surface area (Å²) in [6.07, 6.45) is 5.55. The molecule has 126 valence electrons. The Balaban J connectivity index is 1.78. The fraction of sp³-hybridized carbons (Fsp3) is 0.389. The van der Waals surface area contributed by atoms with Crippen LogP contribution in [0.3, 0.4) is 0 Å². The summed E-state index contributed by atoms with van der Waals surface area (Å²) >= 11 is 6.42. The number of aromatic nitrogens is 2. The summed E-state index contributed by atoms with van der Waals surface area (Å²) in [7, 11) is 1.78. The predicted octanol–water partition coefficient (Wildman–Crippen LogP) is 3.56. The van der Waals surface area contributed by atoms with E-state index in [9.17, 15) is 4.79 Å². The van der Waals surface area contributed by atoms with Crippen molar-refractivity contribution in [3.05, 3.63) is 53.1 Å². The van der Waals surface area contributed by atoms with Crippen molar-refractivity contribution in [2.75, 3.05) is 25.0 Å². The van der Waals surface area contributed by atoms with E-state index in [1.807, 2.05) is 25.1 Å². The van der Waals surface area contributed by atoms with E-state index in [1.54, 1.807) is 24.2 Å². The molecule has 0 N–H and O–H groups in total. The van der Waals surface area contributed by atoms with Crippen molar-refractivity contribution in [2.24, 2.45) is 0 Å². The first-order chi connectivity index (χ1) is 11.6. The number of hydrogen-bond acceptors (Lipinski definition) is 4. The van der Waals surface area contributed by atoms with Crippen LogP contribution in [0.25, 0.3) is 0 Å². The zero-order valence-electron chi connectivity index (χ0n) is 13.9. The number of anilines is 1. The van der Waals surface area contributed by atoms with Crippen LogP contribution in [0.4, 0.5) is 5.69 Å². The van der Waals surface area contributed by atoms with Gasteiger partial charge in [0.05, 0.1) is 22.4 Å². The van der Waals surface area contributed by atoms with Crippen molar-refractivity contribution >= 4 is 23.2 Å². The summed E-state index contributed by atoms with van der Waals surface area (Å²) in [6.45, 7) is 4.00. The summed E-state index contributed by atoms with van der Waals surface area (Å²) in [5.41, 5.74) is 2.41. The Bertz CT molecular complexity index is 716. The van der Waals surface area contributed by atoms with Gasteiger partial charge in [0.25, 0.3) is 5.91 Å². The van der Waals surface area contributed by atoms with Crippen LogP contribution >= 0.6 is 11.6 Å². The molecule has 0 saturated carbocycles. The van der Waals surface area contributed by atoms with Gasteiger partial charge in [0.2, 0.25) is 0 Å². The maximum absolute atomic E-state index is 12.8. The van der Waals surface area contributed by atoms with Gasteiger partial charge in [-0.05, 0) is 44.0 Å². The minimum atomic E-state index is -0.141. The molecule has 6 heteroatoms. The van der Waals surface area contributed by atoms with E-state index in [1.165, 1.54) is 19.2 Å². The monoisotopic (exact) mass is 344 g/mol. The highest BCUT2D eigenvalue weighted by molar-refractivity contribution is 6.33. The SMILES string of the molecule is CC(c1ccncn1)N(C)C(=O)c1ccc(N2CCCC2)c(Cl)c1. The van der Waals surface area contributed by atoms with Crippen LogP contribution in [0.2, 0.25) is 5.02 Å². The van der Waals surface area contributed by atoms with Gasteiger partial charge in [0.15, 0.2) is 0 Å². The van der Waals surface area contributed by atoms with E-state index in [0.29, 0.717) is 10.6 Å². The minimum Gasteiger partial charge on any atom is -0.370 e.